The van der Waals surface area contributed by atoms with E-state index in [0.717, 1.165) is 5.69 Å². The van der Waals surface area contributed by atoms with Crippen molar-refractivity contribution >= 4 is 5.78 Å². The fraction of sp³-hybridized carbons (Fsp3) is 0.778. The molecule has 1 fully saturated rings. The monoisotopic (exact) mass is 290 g/mol. The number of aromatic nitrogens is 2. The predicted molar refractivity (Wildman–Crippen MR) is 86.3 cm³/mol. The summed E-state index contributed by atoms with van der Waals surface area (Å²) in [6.07, 6.45) is 9.63. The first-order valence-electron chi connectivity index (χ1n) is 8.42. The van der Waals surface area contributed by atoms with Gasteiger partial charge in [-0.3, -0.25) is 9.48 Å². The molecule has 0 N–H and O–H groups in total. The third-order valence-corrected chi connectivity index (χ3v) is 5.00. The first-order valence-corrected chi connectivity index (χ1v) is 8.42. The summed E-state index contributed by atoms with van der Waals surface area (Å²) in [6, 6.07) is 2.57. The molecule has 118 valence electrons. The number of Topliss-reactive ketones (excluding diaryl/α,β-unsaturated/α-hetero) is 1. The van der Waals surface area contributed by atoms with Crippen LogP contribution in [0.2, 0.25) is 0 Å². The van der Waals surface area contributed by atoms with Gasteiger partial charge in [-0.25, -0.2) is 0 Å². The summed E-state index contributed by atoms with van der Waals surface area (Å²) in [7, 11) is 0. The van der Waals surface area contributed by atoms with Crippen molar-refractivity contribution in [3.8, 4) is 0 Å². The zero-order valence-corrected chi connectivity index (χ0v) is 14.1. The molecule has 21 heavy (non-hydrogen) atoms. The molecular formula is C18H30N2O. The van der Waals surface area contributed by atoms with E-state index in [1.807, 2.05) is 6.07 Å². The van der Waals surface area contributed by atoms with Gasteiger partial charge in [0.05, 0.1) is 18.2 Å². The average Bonchev–Trinajstić information content (AvgIpc) is 2.87. The summed E-state index contributed by atoms with van der Waals surface area (Å²) in [4.78, 5) is 12.2. The van der Waals surface area contributed by atoms with Crippen LogP contribution in [0.1, 0.15) is 78.0 Å². The SMILES string of the molecule is CC(CC(=O)Cc1ccn(C2CCCCC2)n1)C(C)(C)C. The van der Waals surface area contributed by atoms with Crippen molar-refractivity contribution in [1.29, 1.82) is 0 Å². The third kappa shape index (κ3) is 4.69. The molecule has 1 unspecified atom stereocenters. The van der Waals surface area contributed by atoms with E-state index in [2.05, 4.69) is 43.7 Å². The van der Waals surface area contributed by atoms with Crippen LogP contribution < -0.4 is 0 Å². The van der Waals surface area contributed by atoms with Gasteiger partial charge in [0.25, 0.3) is 0 Å². The van der Waals surface area contributed by atoms with E-state index < -0.39 is 0 Å². The van der Waals surface area contributed by atoms with Gasteiger partial charge in [-0.05, 0) is 30.2 Å². The molecule has 1 saturated carbocycles. The lowest BCUT2D eigenvalue weighted by Crippen LogP contribution is -2.21. The van der Waals surface area contributed by atoms with Crippen LogP contribution in [0, 0.1) is 11.3 Å². The van der Waals surface area contributed by atoms with E-state index >= 15 is 0 Å². The Bertz CT molecular complexity index is 464. The number of ketones is 1. The van der Waals surface area contributed by atoms with Crippen LogP contribution in [0.15, 0.2) is 12.3 Å². The summed E-state index contributed by atoms with van der Waals surface area (Å²) in [6.45, 7) is 8.76. The topological polar surface area (TPSA) is 34.9 Å². The first-order chi connectivity index (χ1) is 9.86. The molecule has 0 spiro atoms. The highest BCUT2D eigenvalue weighted by Gasteiger charge is 2.23. The number of rotatable bonds is 5. The lowest BCUT2D eigenvalue weighted by Gasteiger charge is -2.26. The lowest BCUT2D eigenvalue weighted by molar-refractivity contribution is -0.120. The maximum atomic E-state index is 12.2. The summed E-state index contributed by atoms with van der Waals surface area (Å²) < 4.78 is 2.09. The Kier molecular flexibility index (Phi) is 5.23. The van der Waals surface area contributed by atoms with Gasteiger partial charge in [0.1, 0.15) is 5.78 Å². The highest BCUT2D eigenvalue weighted by molar-refractivity contribution is 5.80. The van der Waals surface area contributed by atoms with Crippen LogP contribution in [0.5, 0.6) is 0 Å². The molecule has 1 aromatic heterocycles. The maximum absolute atomic E-state index is 12.2. The zero-order valence-electron chi connectivity index (χ0n) is 14.1. The summed E-state index contributed by atoms with van der Waals surface area (Å²) in [5.41, 5.74) is 1.13. The van der Waals surface area contributed by atoms with E-state index in [1.54, 1.807) is 0 Å². The summed E-state index contributed by atoms with van der Waals surface area (Å²) >= 11 is 0. The second kappa shape index (κ2) is 6.76. The molecule has 1 aliphatic rings. The Morgan fingerprint density at radius 3 is 2.62 bits per heavy atom. The van der Waals surface area contributed by atoms with Gasteiger partial charge in [0.2, 0.25) is 0 Å². The maximum Gasteiger partial charge on any atom is 0.139 e. The molecule has 0 aromatic carbocycles. The van der Waals surface area contributed by atoms with Crippen LogP contribution >= 0.6 is 0 Å². The van der Waals surface area contributed by atoms with Gasteiger partial charge >= 0.3 is 0 Å². The molecular weight excluding hydrogens is 260 g/mol. The molecule has 1 aromatic rings. The molecule has 0 amide bonds. The van der Waals surface area contributed by atoms with Gasteiger partial charge in [-0.2, -0.15) is 5.10 Å². The van der Waals surface area contributed by atoms with Crippen molar-refractivity contribution < 1.29 is 4.79 Å². The minimum atomic E-state index is 0.192. The highest BCUT2D eigenvalue weighted by Crippen LogP contribution is 2.29. The van der Waals surface area contributed by atoms with Crippen molar-refractivity contribution in [1.82, 2.24) is 9.78 Å². The van der Waals surface area contributed by atoms with Crippen molar-refractivity contribution in [2.45, 2.75) is 78.7 Å². The summed E-state index contributed by atoms with van der Waals surface area (Å²) in [5.74, 6) is 0.719. The van der Waals surface area contributed by atoms with Crippen LogP contribution in [-0.2, 0) is 11.2 Å². The second-order valence-electron chi connectivity index (χ2n) is 7.77. The Morgan fingerprint density at radius 1 is 1.33 bits per heavy atom. The van der Waals surface area contributed by atoms with Crippen molar-refractivity contribution in [2.75, 3.05) is 0 Å². The fourth-order valence-corrected chi connectivity index (χ4v) is 2.94. The van der Waals surface area contributed by atoms with E-state index in [1.165, 1.54) is 32.1 Å². The minimum absolute atomic E-state index is 0.192. The Labute approximate surface area is 129 Å². The molecule has 0 aliphatic heterocycles. The summed E-state index contributed by atoms with van der Waals surface area (Å²) in [5, 5.41) is 4.64. The van der Waals surface area contributed by atoms with E-state index in [9.17, 15) is 4.79 Å². The van der Waals surface area contributed by atoms with Gasteiger partial charge in [-0.1, -0.05) is 47.0 Å². The van der Waals surface area contributed by atoms with Crippen LogP contribution in [-0.4, -0.2) is 15.6 Å². The largest absolute Gasteiger partial charge is 0.299 e. The smallest absolute Gasteiger partial charge is 0.139 e. The molecule has 3 heteroatoms. The Balaban J connectivity index is 1.88. The Hall–Kier alpha value is -1.12. The van der Waals surface area contributed by atoms with Crippen LogP contribution in [0.4, 0.5) is 0 Å². The van der Waals surface area contributed by atoms with Gasteiger partial charge in [0.15, 0.2) is 0 Å². The normalized spacial score (nSPS) is 18.7. The molecule has 2 rings (SSSR count). The molecule has 3 nitrogen and oxygen atoms in total. The number of nitrogens with zero attached hydrogens (tertiary/aromatic N) is 2. The number of hydrogen-bond acceptors (Lipinski definition) is 2. The number of carbonyl (C=O) groups is 1. The predicted octanol–water partition coefficient (Wildman–Crippen LogP) is 4.57. The molecule has 1 atom stereocenters. The van der Waals surface area contributed by atoms with E-state index in [0.29, 0.717) is 30.6 Å². The number of hydrogen-bond donors (Lipinski definition) is 0. The van der Waals surface area contributed by atoms with E-state index in [4.69, 9.17) is 0 Å². The quantitative estimate of drug-likeness (QED) is 0.796. The highest BCUT2D eigenvalue weighted by atomic mass is 16.1. The minimum Gasteiger partial charge on any atom is -0.299 e. The first kappa shape index (κ1) is 16.3. The van der Waals surface area contributed by atoms with Gasteiger partial charge in [0, 0.05) is 12.6 Å². The van der Waals surface area contributed by atoms with Crippen molar-refractivity contribution in [3.63, 3.8) is 0 Å². The van der Waals surface area contributed by atoms with Gasteiger partial charge in [-0.15, -0.1) is 0 Å². The second-order valence-corrected chi connectivity index (χ2v) is 7.77. The average molecular weight is 290 g/mol. The molecule has 0 radical (unpaired) electrons. The standard InChI is InChI=1S/C18H30N2O/c1-14(18(2,3)4)12-17(21)13-15-10-11-20(19-15)16-8-6-5-7-9-16/h10-11,14,16H,5-9,12-13H2,1-4H3. The Morgan fingerprint density at radius 2 is 2.00 bits per heavy atom. The molecule has 0 bridgehead atoms. The van der Waals surface area contributed by atoms with Crippen molar-refractivity contribution in [2.24, 2.45) is 11.3 Å². The fourth-order valence-electron chi connectivity index (χ4n) is 2.94. The lowest BCUT2D eigenvalue weighted by atomic mass is 9.79. The molecule has 1 heterocycles. The van der Waals surface area contributed by atoms with Crippen molar-refractivity contribution in [3.05, 3.63) is 18.0 Å². The van der Waals surface area contributed by atoms with Crippen LogP contribution in [0.25, 0.3) is 0 Å². The molecule has 1 aliphatic carbocycles. The van der Waals surface area contributed by atoms with Gasteiger partial charge < -0.3 is 0 Å². The number of carbonyl (C=O) groups excluding carboxylic acids is 1. The third-order valence-electron chi connectivity index (χ3n) is 5.00. The van der Waals surface area contributed by atoms with E-state index in [-0.39, 0.29) is 5.41 Å². The van der Waals surface area contributed by atoms with Crippen LogP contribution in [0.3, 0.4) is 0 Å². The zero-order chi connectivity index (χ0) is 15.5. The molecule has 0 saturated heterocycles.